The zero-order chi connectivity index (χ0) is 13.9. The standard InChI is InChI=1S/C9H7ClF5N3/c1-6(16-11)9(17(12)13,18(14)15)7-2-4-8(10)5-3-7/h2-5H,1H3. The van der Waals surface area contributed by atoms with Gasteiger partial charge < -0.3 is 0 Å². The predicted octanol–water partition coefficient (Wildman–Crippen LogP) is 3.98. The van der Waals surface area contributed by atoms with E-state index in [1.54, 1.807) is 0 Å². The van der Waals surface area contributed by atoms with Crippen LogP contribution in [0.25, 0.3) is 0 Å². The molecule has 0 aromatic heterocycles. The first-order chi connectivity index (χ1) is 8.37. The summed E-state index contributed by atoms with van der Waals surface area (Å²) in [5.74, 6) is 0. The number of hydrogen-bond acceptors (Lipinski definition) is 3. The summed E-state index contributed by atoms with van der Waals surface area (Å²) in [7, 11) is 0. The molecule has 9 heteroatoms. The number of nitrogens with zero attached hydrogens (tertiary/aromatic N) is 3. The Labute approximate surface area is 104 Å². The molecule has 1 rings (SSSR count). The SMILES string of the molecule is CC(=NF)C(c1ccc(Cl)cc1)(N(F)F)N(F)F. The minimum absolute atomic E-state index is 0.163. The van der Waals surface area contributed by atoms with Gasteiger partial charge in [0, 0.05) is 10.6 Å². The van der Waals surface area contributed by atoms with E-state index < -0.39 is 27.6 Å². The van der Waals surface area contributed by atoms with Crippen LogP contribution in [0.4, 0.5) is 22.4 Å². The molecule has 0 spiro atoms. The van der Waals surface area contributed by atoms with Gasteiger partial charge >= 0.3 is 0 Å². The topological polar surface area (TPSA) is 18.8 Å². The van der Waals surface area contributed by atoms with Crippen LogP contribution in [-0.2, 0) is 5.66 Å². The minimum atomic E-state index is -3.39. The maximum atomic E-state index is 12.9. The highest BCUT2D eigenvalue weighted by Gasteiger charge is 2.52. The number of halogens is 6. The molecule has 0 heterocycles. The third-order valence-electron chi connectivity index (χ3n) is 2.37. The summed E-state index contributed by atoms with van der Waals surface area (Å²) in [4.78, 5) is 0. The molecule has 0 amide bonds. The van der Waals surface area contributed by atoms with E-state index in [4.69, 9.17) is 11.6 Å². The third-order valence-corrected chi connectivity index (χ3v) is 2.62. The molecule has 18 heavy (non-hydrogen) atoms. The van der Waals surface area contributed by atoms with Gasteiger partial charge in [-0.3, -0.25) is 0 Å². The van der Waals surface area contributed by atoms with E-state index >= 15 is 0 Å². The van der Waals surface area contributed by atoms with Crippen LogP contribution in [0.1, 0.15) is 12.5 Å². The predicted molar refractivity (Wildman–Crippen MR) is 55.5 cm³/mol. The first kappa shape index (κ1) is 14.8. The van der Waals surface area contributed by atoms with Gasteiger partial charge in [-0.2, -0.15) is 0 Å². The second-order valence-electron chi connectivity index (χ2n) is 3.31. The fourth-order valence-corrected chi connectivity index (χ4v) is 1.57. The Bertz CT molecular complexity index is 426. The van der Waals surface area contributed by atoms with Gasteiger partial charge in [-0.05, 0) is 19.1 Å². The molecule has 0 unspecified atom stereocenters. The zero-order valence-corrected chi connectivity index (χ0v) is 9.67. The second-order valence-corrected chi connectivity index (χ2v) is 3.75. The van der Waals surface area contributed by atoms with Crippen molar-refractivity contribution in [3.8, 4) is 0 Å². The second kappa shape index (κ2) is 5.59. The van der Waals surface area contributed by atoms with Gasteiger partial charge in [0.1, 0.15) is 0 Å². The van der Waals surface area contributed by atoms with Crippen molar-refractivity contribution in [1.82, 2.24) is 10.7 Å². The summed E-state index contributed by atoms with van der Waals surface area (Å²) >= 11 is 5.53. The molecule has 0 fully saturated rings. The first-order valence-electron chi connectivity index (χ1n) is 4.53. The average Bonchev–Trinajstić information content (AvgIpc) is 2.31. The molecule has 0 aliphatic carbocycles. The van der Waals surface area contributed by atoms with Crippen LogP contribution in [0.15, 0.2) is 29.5 Å². The van der Waals surface area contributed by atoms with Crippen LogP contribution in [0, 0.1) is 0 Å². The molecule has 3 nitrogen and oxygen atoms in total. The van der Waals surface area contributed by atoms with Gasteiger partial charge in [0.15, 0.2) is 0 Å². The molecule has 0 saturated heterocycles. The zero-order valence-electron chi connectivity index (χ0n) is 8.92. The lowest BCUT2D eigenvalue weighted by Gasteiger charge is -2.31. The Balaban J connectivity index is 3.49. The molecule has 0 saturated carbocycles. The van der Waals surface area contributed by atoms with Crippen LogP contribution in [0.3, 0.4) is 0 Å². The third kappa shape index (κ3) is 2.31. The average molecular weight is 288 g/mol. The van der Waals surface area contributed by atoms with E-state index in [2.05, 4.69) is 0 Å². The smallest absolute Gasteiger partial charge is 0.0985 e. The van der Waals surface area contributed by atoms with E-state index in [9.17, 15) is 22.4 Å². The Morgan fingerprint density at radius 1 is 1.11 bits per heavy atom. The number of rotatable bonds is 4. The summed E-state index contributed by atoms with van der Waals surface area (Å²) < 4.78 is 63.6. The van der Waals surface area contributed by atoms with Gasteiger partial charge in [-0.25, -0.2) is 0 Å². The Morgan fingerprint density at radius 2 is 1.56 bits per heavy atom. The van der Waals surface area contributed by atoms with Crippen LogP contribution < -0.4 is 0 Å². The first-order valence-corrected chi connectivity index (χ1v) is 4.90. The van der Waals surface area contributed by atoms with Gasteiger partial charge in [0.25, 0.3) is 5.66 Å². The van der Waals surface area contributed by atoms with Gasteiger partial charge in [-0.1, -0.05) is 51.4 Å². The summed E-state index contributed by atoms with van der Waals surface area (Å²) in [6, 6.07) is 4.11. The highest BCUT2D eigenvalue weighted by atomic mass is 35.5. The molecule has 0 bridgehead atoms. The van der Waals surface area contributed by atoms with E-state index in [1.807, 2.05) is 5.21 Å². The highest BCUT2D eigenvalue weighted by Crippen LogP contribution is 2.36. The van der Waals surface area contributed by atoms with E-state index in [1.165, 1.54) is 0 Å². The molecule has 100 valence electrons. The fraction of sp³-hybridized carbons (Fsp3) is 0.222. The van der Waals surface area contributed by atoms with Crippen molar-refractivity contribution < 1.29 is 22.4 Å². The molecular formula is C9H7ClF5N3. The van der Waals surface area contributed by atoms with Crippen molar-refractivity contribution in [2.45, 2.75) is 12.6 Å². The lowest BCUT2D eigenvalue weighted by atomic mass is 9.96. The maximum Gasteiger partial charge on any atom is 0.260 e. The van der Waals surface area contributed by atoms with Gasteiger partial charge in [-0.15, -0.1) is 0 Å². The molecule has 0 radical (unpaired) electrons. The van der Waals surface area contributed by atoms with Crippen molar-refractivity contribution >= 4 is 17.3 Å². The van der Waals surface area contributed by atoms with Gasteiger partial charge in [0.05, 0.1) is 16.4 Å². The van der Waals surface area contributed by atoms with Crippen molar-refractivity contribution in [2.75, 3.05) is 0 Å². The summed E-state index contributed by atoms with van der Waals surface area (Å²) in [5.41, 5.74) is -5.10. The van der Waals surface area contributed by atoms with Crippen LogP contribution in [0.2, 0.25) is 5.02 Å². The van der Waals surface area contributed by atoms with E-state index in [-0.39, 0.29) is 5.02 Å². The normalized spacial score (nSPS) is 13.5. The maximum absolute atomic E-state index is 12.9. The van der Waals surface area contributed by atoms with Crippen LogP contribution in [0.5, 0.6) is 0 Å². The van der Waals surface area contributed by atoms with Crippen molar-refractivity contribution in [1.29, 1.82) is 0 Å². The molecule has 0 aliphatic heterocycles. The fourth-order valence-electron chi connectivity index (χ4n) is 1.45. The van der Waals surface area contributed by atoms with Crippen LogP contribution in [-0.4, -0.2) is 16.4 Å². The summed E-state index contributed by atoms with van der Waals surface area (Å²) in [5, 5.41) is -1.54. The van der Waals surface area contributed by atoms with Crippen molar-refractivity contribution in [3.63, 3.8) is 0 Å². The monoisotopic (exact) mass is 287 g/mol. The lowest BCUT2D eigenvalue weighted by Crippen LogP contribution is -2.51. The Morgan fingerprint density at radius 3 is 1.89 bits per heavy atom. The number of benzene rings is 1. The van der Waals surface area contributed by atoms with E-state index in [0.29, 0.717) is 6.92 Å². The summed E-state index contributed by atoms with van der Waals surface area (Å²) in [6.45, 7) is 0.715. The Hall–Kier alpha value is -1.25. The van der Waals surface area contributed by atoms with E-state index in [0.717, 1.165) is 24.3 Å². The van der Waals surface area contributed by atoms with Crippen LogP contribution >= 0.6 is 11.6 Å². The van der Waals surface area contributed by atoms with Gasteiger partial charge in [0.2, 0.25) is 0 Å². The molecule has 1 aromatic carbocycles. The number of hydrogen-bond donors (Lipinski definition) is 0. The summed E-state index contributed by atoms with van der Waals surface area (Å²) in [6.07, 6.45) is 0. The molecular weight excluding hydrogens is 281 g/mol. The molecule has 0 aliphatic rings. The largest absolute Gasteiger partial charge is 0.260 e. The Kier molecular flexibility index (Phi) is 4.60. The van der Waals surface area contributed by atoms with Crippen molar-refractivity contribution in [2.24, 2.45) is 5.21 Å². The molecule has 0 atom stereocenters. The quantitative estimate of drug-likeness (QED) is 0.361. The van der Waals surface area contributed by atoms with Crippen molar-refractivity contribution in [3.05, 3.63) is 34.9 Å². The highest BCUT2D eigenvalue weighted by molar-refractivity contribution is 6.30. The lowest BCUT2D eigenvalue weighted by molar-refractivity contribution is -0.351. The minimum Gasteiger partial charge on any atom is -0.0985 e. The molecule has 1 aromatic rings. The molecule has 0 N–H and O–H groups in total.